The van der Waals surface area contributed by atoms with E-state index in [0.29, 0.717) is 0 Å². The van der Waals surface area contributed by atoms with Gasteiger partial charge in [0.2, 0.25) is 0 Å². The summed E-state index contributed by atoms with van der Waals surface area (Å²) >= 11 is 0. The van der Waals surface area contributed by atoms with Crippen molar-refractivity contribution in [2.24, 2.45) is 0 Å². The van der Waals surface area contributed by atoms with Crippen LogP contribution in [0.1, 0.15) is 39.7 Å². The first-order valence-electron chi connectivity index (χ1n) is 6.88. The Hall–Kier alpha value is -0.860. The van der Waals surface area contributed by atoms with E-state index in [1.54, 1.807) is 0 Å². The van der Waals surface area contributed by atoms with Crippen LogP contribution in [0.15, 0.2) is 30.3 Å². The van der Waals surface area contributed by atoms with Gasteiger partial charge < -0.3 is 10.1 Å². The average molecular weight is 249 g/mol. The molecule has 1 aromatic carbocycles. The van der Waals surface area contributed by atoms with Crippen molar-refractivity contribution in [3.05, 3.63) is 35.9 Å². The molecule has 1 N–H and O–H groups in total. The third-order valence-corrected chi connectivity index (χ3v) is 2.77. The molecule has 2 heteroatoms. The van der Waals surface area contributed by atoms with Crippen LogP contribution in [0.5, 0.6) is 0 Å². The monoisotopic (exact) mass is 249 g/mol. The zero-order valence-electron chi connectivity index (χ0n) is 12.2. The fourth-order valence-corrected chi connectivity index (χ4v) is 1.71. The molecule has 1 aromatic rings. The highest BCUT2D eigenvalue weighted by Crippen LogP contribution is 2.04. The van der Waals surface area contributed by atoms with E-state index in [1.165, 1.54) is 5.56 Å². The molecule has 2 nitrogen and oxygen atoms in total. The Morgan fingerprint density at radius 1 is 1.17 bits per heavy atom. The third kappa shape index (κ3) is 7.46. The zero-order chi connectivity index (χ0) is 13.4. The van der Waals surface area contributed by atoms with Gasteiger partial charge >= 0.3 is 0 Å². The van der Waals surface area contributed by atoms with E-state index in [2.05, 4.69) is 63.3 Å². The molecule has 18 heavy (non-hydrogen) atoms. The molecular formula is C16H27NO. The van der Waals surface area contributed by atoms with Gasteiger partial charge in [-0.2, -0.15) is 0 Å². The van der Waals surface area contributed by atoms with Crippen LogP contribution < -0.4 is 5.32 Å². The molecule has 0 aliphatic carbocycles. The largest absolute Gasteiger partial charge is 0.377 e. The van der Waals surface area contributed by atoms with Crippen LogP contribution in [0.3, 0.4) is 0 Å². The Morgan fingerprint density at radius 3 is 2.44 bits per heavy atom. The second-order valence-electron chi connectivity index (χ2n) is 5.90. The molecule has 0 fully saturated rings. The van der Waals surface area contributed by atoms with E-state index in [0.717, 1.165) is 26.0 Å². The third-order valence-electron chi connectivity index (χ3n) is 2.77. The van der Waals surface area contributed by atoms with E-state index >= 15 is 0 Å². The normalized spacial score (nSPS) is 13.6. The van der Waals surface area contributed by atoms with Crippen molar-refractivity contribution in [1.29, 1.82) is 0 Å². The van der Waals surface area contributed by atoms with E-state index in [9.17, 15) is 0 Å². The van der Waals surface area contributed by atoms with E-state index in [-0.39, 0.29) is 11.6 Å². The highest BCUT2D eigenvalue weighted by Gasteiger charge is 2.10. The van der Waals surface area contributed by atoms with Gasteiger partial charge in [-0.25, -0.2) is 0 Å². The van der Waals surface area contributed by atoms with Crippen LogP contribution in [0.25, 0.3) is 0 Å². The Labute approximate surface area is 112 Å². The lowest BCUT2D eigenvalue weighted by molar-refractivity contribution is 0.0601. The van der Waals surface area contributed by atoms with Gasteiger partial charge in [-0.3, -0.25) is 0 Å². The number of rotatable bonds is 7. The summed E-state index contributed by atoms with van der Waals surface area (Å²) in [7, 11) is 0. The highest BCUT2D eigenvalue weighted by molar-refractivity contribution is 5.14. The summed E-state index contributed by atoms with van der Waals surface area (Å²) in [6.45, 7) is 10.4. The van der Waals surface area contributed by atoms with Gasteiger partial charge in [-0.05, 0) is 46.1 Å². The molecule has 0 spiro atoms. The van der Waals surface area contributed by atoms with Crippen LogP contribution >= 0.6 is 0 Å². The van der Waals surface area contributed by atoms with Crippen molar-refractivity contribution in [1.82, 2.24) is 5.32 Å². The Bertz CT molecular complexity index is 316. The predicted molar refractivity (Wildman–Crippen MR) is 77.9 cm³/mol. The van der Waals surface area contributed by atoms with Crippen LogP contribution in [-0.4, -0.2) is 24.8 Å². The van der Waals surface area contributed by atoms with E-state index < -0.39 is 0 Å². The van der Waals surface area contributed by atoms with Crippen LogP contribution in [0.2, 0.25) is 0 Å². The Kier molecular flexibility index (Phi) is 6.37. The number of benzene rings is 1. The van der Waals surface area contributed by atoms with E-state index in [4.69, 9.17) is 4.74 Å². The Morgan fingerprint density at radius 2 is 1.83 bits per heavy atom. The highest BCUT2D eigenvalue weighted by atomic mass is 16.5. The molecule has 1 atom stereocenters. The molecule has 102 valence electrons. The summed E-state index contributed by atoms with van der Waals surface area (Å²) in [5.41, 5.74) is 1.56. The van der Waals surface area contributed by atoms with Gasteiger partial charge in [0.25, 0.3) is 0 Å². The molecule has 0 aromatic heterocycles. The lowest BCUT2D eigenvalue weighted by Crippen LogP contribution is -2.40. The van der Waals surface area contributed by atoms with Crippen molar-refractivity contribution in [3.63, 3.8) is 0 Å². The first kappa shape index (κ1) is 15.2. The fraction of sp³-hybridized carbons (Fsp3) is 0.625. The standard InChI is InChI=1S/C16H27NO/c1-14(13-17-16(2,3)4)18-12-8-11-15-9-6-5-7-10-15/h5-7,9-10,14,17H,8,11-13H2,1-4H3. The molecular weight excluding hydrogens is 222 g/mol. The molecule has 0 saturated carbocycles. The van der Waals surface area contributed by atoms with Crippen LogP contribution in [0.4, 0.5) is 0 Å². The van der Waals surface area contributed by atoms with Gasteiger partial charge in [-0.15, -0.1) is 0 Å². The Balaban J connectivity index is 2.07. The van der Waals surface area contributed by atoms with Gasteiger partial charge in [0, 0.05) is 18.7 Å². The van der Waals surface area contributed by atoms with Crippen molar-refractivity contribution < 1.29 is 4.74 Å². The van der Waals surface area contributed by atoms with Crippen LogP contribution in [-0.2, 0) is 11.2 Å². The molecule has 0 aliphatic heterocycles. The molecule has 0 aliphatic rings. The summed E-state index contributed by atoms with van der Waals surface area (Å²) in [5.74, 6) is 0. The van der Waals surface area contributed by atoms with Crippen molar-refractivity contribution in [3.8, 4) is 0 Å². The SMILES string of the molecule is CC(CNC(C)(C)C)OCCCc1ccccc1. The number of hydrogen-bond donors (Lipinski definition) is 1. The average Bonchev–Trinajstić information content (AvgIpc) is 2.33. The molecule has 0 saturated heterocycles. The lowest BCUT2D eigenvalue weighted by atomic mass is 10.1. The smallest absolute Gasteiger partial charge is 0.0671 e. The number of aryl methyl sites for hydroxylation is 1. The molecule has 0 amide bonds. The lowest BCUT2D eigenvalue weighted by Gasteiger charge is -2.23. The molecule has 0 heterocycles. The first-order chi connectivity index (χ1) is 8.47. The molecule has 0 radical (unpaired) electrons. The van der Waals surface area contributed by atoms with Gasteiger partial charge in [0.15, 0.2) is 0 Å². The summed E-state index contributed by atoms with van der Waals surface area (Å²) in [5, 5.41) is 3.46. The maximum atomic E-state index is 5.80. The van der Waals surface area contributed by atoms with Gasteiger partial charge in [0.05, 0.1) is 6.10 Å². The molecule has 1 unspecified atom stereocenters. The minimum Gasteiger partial charge on any atom is -0.377 e. The fourth-order valence-electron chi connectivity index (χ4n) is 1.71. The van der Waals surface area contributed by atoms with Crippen molar-refractivity contribution in [2.45, 2.75) is 52.2 Å². The second-order valence-corrected chi connectivity index (χ2v) is 5.90. The number of nitrogens with one attached hydrogen (secondary N) is 1. The first-order valence-corrected chi connectivity index (χ1v) is 6.88. The van der Waals surface area contributed by atoms with Crippen molar-refractivity contribution in [2.75, 3.05) is 13.2 Å². The van der Waals surface area contributed by atoms with Crippen LogP contribution in [0, 0.1) is 0 Å². The minimum absolute atomic E-state index is 0.168. The number of hydrogen-bond acceptors (Lipinski definition) is 2. The van der Waals surface area contributed by atoms with Gasteiger partial charge in [0.1, 0.15) is 0 Å². The van der Waals surface area contributed by atoms with E-state index in [1.807, 2.05) is 0 Å². The molecule has 0 bridgehead atoms. The number of ether oxygens (including phenoxy) is 1. The summed E-state index contributed by atoms with van der Waals surface area (Å²) in [6.07, 6.45) is 2.46. The topological polar surface area (TPSA) is 21.3 Å². The quantitative estimate of drug-likeness (QED) is 0.748. The summed E-state index contributed by atoms with van der Waals surface area (Å²) in [6, 6.07) is 10.6. The predicted octanol–water partition coefficient (Wildman–Crippen LogP) is 3.41. The zero-order valence-corrected chi connectivity index (χ0v) is 12.2. The maximum Gasteiger partial charge on any atom is 0.0671 e. The maximum absolute atomic E-state index is 5.80. The van der Waals surface area contributed by atoms with Crippen molar-refractivity contribution >= 4 is 0 Å². The summed E-state index contributed by atoms with van der Waals surface area (Å²) in [4.78, 5) is 0. The minimum atomic E-state index is 0.168. The van der Waals surface area contributed by atoms with Gasteiger partial charge in [-0.1, -0.05) is 30.3 Å². The second kappa shape index (κ2) is 7.55. The molecule has 1 rings (SSSR count). The summed E-state index contributed by atoms with van der Waals surface area (Å²) < 4.78 is 5.80.